The number of ether oxygens (including phenoxy) is 1. The SMILES string of the molecule is COC(=O)c1ccc2c(ccn2C(C)(C)C)c1. The predicted octanol–water partition coefficient (Wildman–Crippen LogP) is 3.18. The Balaban J connectivity index is 2.56. The Morgan fingerprint density at radius 3 is 2.53 bits per heavy atom. The molecule has 90 valence electrons. The Hall–Kier alpha value is -1.77. The highest BCUT2D eigenvalue weighted by molar-refractivity contribution is 5.94. The minimum absolute atomic E-state index is 0.0362. The quantitative estimate of drug-likeness (QED) is 0.706. The first-order chi connectivity index (χ1) is 7.93. The van der Waals surface area contributed by atoms with E-state index in [0.717, 1.165) is 10.9 Å². The molecule has 0 atom stereocenters. The first-order valence-corrected chi connectivity index (χ1v) is 5.63. The number of nitrogens with zero attached hydrogens (tertiary/aromatic N) is 1. The Morgan fingerprint density at radius 1 is 1.24 bits per heavy atom. The van der Waals surface area contributed by atoms with Crippen molar-refractivity contribution < 1.29 is 9.53 Å². The van der Waals surface area contributed by atoms with Crippen molar-refractivity contribution in [2.24, 2.45) is 0 Å². The van der Waals surface area contributed by atoms with Gasteiger partial charge in [0, 0.05) is 22.6 Å². The summed E-state index contributed by atoms with van der Waals surface area (Å²) < 4.78 is 6.91. The number of carbonyl (C=O) groups excluding carboxylic acids is 1. The van der Waals surface area contributed by atoms with Gasteiger partial charge >= 0.3 is 5.97 Å². The molecule has 0 bridgehead atoms. The summed E-state index contributed by atoms with van der Waals surface area (Å²) in [4.78, 5) is 11.4. The molecular weight excluding hydrogens is 214 g/mol. The second-order valence-corrected chi connectivity index (χ2v) is 5.12. The van der Waals surface area contributed by atoms with Crippen LogP contribution in [0.3, 0.4) is 0 Å². The van der Waals surface area contributed by atoms with Crippen LogP contribution in [0.2, 0.25) is 0 Å². The smallest absolute Gasteiger partial charge is 0.337 e. The number of benzene rings is 1. The molecule has 3 heteroatoms. The highest BCUT2D eigenvalue weighted by atomic mass is 16.5. The van der Waals surface area contributed by atoms with E-state index in [1.165, 1.54) is 7.11 Å². The van der Waals surface area contributed by atoms with Crippen molar-refractivity contribution in [3.63, 3.8) is 0 Å². The number of carbonyl (C=O) groups is 1. The van der Waals surface area contributed by atoms with Crippen LogP contribution in [0, 0.1) is 0 Å². The second kappa shape index (κ2) is 3.91. The number of rotatable bonds is 1. The molecule has 0 saturated heterocycles. The maximum atomic E-state index is 11.4. The van der Waals surface area contributed by atoms with E-state index < -0.39 is 0 Å². The molecule has 0 amide bonds. The van der Waals surface area contributed by atoms with Gasteiger partial charge in [-0.15, -0.1) is 0 Å². The van der Waals surface area contributed by atoms with Gasteiger partial charge in [0.2, 0.25) is 0 Å². The molecule has 0 aliphatic heterocycles. The van der Waals surface area contributed by atoms with Crippen LogP contribution in [0.5, 0.6) is 0 Å². The fourth-order valence-corrected chi connectivity index (χ4v) is 1.97. The summed E-state index contributed by atoms with van der Waals surface area (Å²) >= 11 is 0. The van der Waals surface area contributed by atoms with Gasteiger partial charge in [0.15, 0.2) is 0 Å². The van der Waals surface area contributed by atoms with E-state index in [1.807, 2.05) is 24.4 Å². The summed E-state index contributed by atoms with van der Waals surface area (Å²) in [6.07, 6.45) is 2.05. The van der Waals surface area contributed by atoms with Gasteiger partial charge in [-0.3, -0.25) is 0 Å². The van der Waals surface area contributed by atoms with Crippen molar-refractivity contribution >= 4 is 16.9 Å². The van der Waals surface area contributed by atoms with Gasteiger partial charge in [-0.1, -0.05) is 0 Å². The minimum atomic E-state index is -0.296. The average Bonchev–Trinajstić information content (AvgIpc) is 2.70. The van der Waals surface area contributed by atoms with Crippen molar-refractivity contribution in [3.05, 3.63) is 36.0 Å². The molecule has 1 heterocycles. The van der Waals surface area contributed by atoms with E-state index in [0.29, 0.717) is 5.56 Å². The van der Waals surface area contributed by atoms with E-state index in [2.05, 4.69) is 25.3 Å². The van der Waals surface area contributed by atoms with Gasteiger partial charge in [0.25, 0.3) is 0 Å². The zero-order valence-electron chi connectivity index (χ0n) is 10.7. The van der Waals surface area contributed by atoms with Crippen LogP contribution in [0.1, 0.15) is 31.1 Å². The number of fused-ring (bicyclic) bond motifs is 1. The standard InChI is InChI=1S/C14H17NO2/c1-14(2,3)15-8-7-10-9-11(13(16)17-4)5-6-12(10)15/h5-9H,1-4H3. The Morgan fingerprint density at radius 2 is 1.94 bits per heavy atom. The molecule has 1 aromatic carbocycles. The lowest BCUT2D eigenvalue weighted by Gasteiger charge is -2.22. The van der Waals surface area contributed by atoms with E-state index in [4.69, 9.17) is 4.74 Å². The molecule has 2 rings (SSSR count). The minimum Gasteiger partial charge on any atom is -0.465 e. The van der Waals surface area contributed by atoms with Gasteiger partial charge in [0.1, 0.15) is 0 Å². The van der Waals surface area contributed by atoms with Gasteiger partial charge in [-0.25, -0.2) is 4.79 Å². The van der Waals surface area contributed by atoms with Crippen LogP contribution < -0.4 is 0 Å². The summed E-state index contributed by atoms with van der Waals surface area (Å²) in [5.41, 5.74) is 1.76. The summed E-state index contributed by atoms with van der Waals surface area (Å²) in [6, 6.07) is 7.65. The summed E-state index contributed by atoms with van der Waals surface area (Å²) in [5.74, 6) is -0.296. The normalized spacial score (nSPS) is 11.8. The van der Waals surface area contributed by atoms with Crippen molar-refractivity contribution in [3.8, 4) is 0 Å². The highest BCUT2D eigenvalue weighted by Gasteiger charge is 2.15. The lowest BCUT2D eigenvalue weighted by atomic mass is 10.1. The molecular formula is C14H17NO2. The molecule has 0 spiro atoms. The zero-order chi connectivity index (χ0) is 12.6. The topological polar surface area (TPSA) is 31.2 Å². The summed E-state index contributed by atoms with van der Waals surface area (Å²) in [7, 11) is 1.40. The lowest BCUT2D eigenvalue weighted by molar-refractivity contribution is 0.0601. The fraction of sp³-hybridized carbons (Fsp3) is 0.357. The third-order valence-electron chi connectivity index (χ3n) is 2.83. The molecule has 0 aliphatic rings. The molecule has 0 fully saturated rings. The second-order valence-electron chi connectivity index (χ2n) is 5.12. The predicted molar refractivity (Wildman–Crippen MR) is 68.3 cm³/mol. The molecule has 17 heavy (non-hydrogen) atoms. The Bertz CT molecular complexity index is 561. The van der Waals surface area contributed by atoms with E-state index in [-0.39, 0.29) is 11.5 Å². The molecule has 2 aromatic rings. The number of methoxy groups -OCH3 is 1. The monoisotopic (exact) mass is 231 g/mol. The fourth-order valence-electron chi connectivity index (χ4n) is 1.97. The van der Waals surface area contributed by atoms with Crippen LogP contribution in [0.4, 0.5) is 0 Å². The summed E-state index contributed by atoms with van der Waals surface area (Å²) in [6.45, 7) is 6.46. The van der Waals surface area contributed by atoms with Crippen LogP contribution in [0.15, 0.2) is 30.5 Å². The largest absolute Gasteiger partial charge is 0.465 e. The highest BCUT2D eigenvalue weighted by Crippen LogP contribution is 2.24. The van der Waals surface area contributed by atoms with Crippen LogP contribution in [0.25, 0.3) is 10.9 Å². The van der Waals surface area contributed by atoms with Crippen molar-refractivity contribution in [2.45, 2.75) is 26.3 Å². The molecule has 0 radical (unpaired) electrons. The molecule has 3 nitrogen and oxygen atoms in total. The van der Waals surface area contributed by atoms with Crippen molar-refractivity contribution in [1.82, 2.24) is 4.57 Å². The molecule has 0 unspecified atom stereocenters. The van der Waals surface area contributed by atoms with Crippen LogP contribution >= 0.6 is 0 Å². The van der Waals surface area contributed by atoms with Crippen LogP contribution in [-0.4, -0.2) is 17.6 Å². The zero-order valence-corrected chi connectivity index (χ0v) is 10.7. The number of hydrogen-bond acceptors (Lipinski definition) is 2. The van der Waals surface area contributed by atoms with E-state index in [1.54, 1.807) is 6.07 Å². The number of esters is 1. The van der Waals surface area contributed by atoms with E-state index in [9.17, 15) is 4.79 Å². The Labute approximate surface area is 101 Å². The average molecular weight is 231 g/mol. The summed E-state index contributed by atoms with van der Waals surface area (Å²) in [5, 5.41) is 1.06. The maximum absolute atomic E-state index is 11.4. The van der Waals surface area contributed by atoms with Gasteiger partial charge < -0.3 is 9.30 Å². The third kappa shape index (κ3) is 2.05. The molecule has 0 N–H and O–H groups in total. The van der Waals surface area contributed by atoms with E-state index >= 15 is 0 Å². The molecule has 1 aromatic heterocycles. The van der Waals surface area contributed by atoms with Gasteiger partial charge in [-0.2, -0.15) is 0 Å². The molecule has 0 saturated carbocycles. The third-order valence-corrected chi connectivity index (χ3v) is 2.83. The van der Waals surface area contributed by atoms with Gasteiger partial charge in [-0.05, 0) is 45.0 Å². The van der Waals surface area contributed by atoms with Gasteiger partial charge in [0.05, 0.1) is 12.7 Å². The van der Waals surface area contributed by atoms with Crippen LogP contribution in [-0.2, 0) is 10.3 Å². The number of hydrogen-bond donors (Lipinski definition) is 0. The molecule has 0 aliphatic carbocycles. The Kier molecular flexibility index (Phi) is 2.69. The lowest BCUT2D eigenvalue weighted by Crippen LogP contribution is -2.20. The van der Waals surface area contributed by atoms with Crippen molar-refractivity contribution in [2.75, 3.05) is 7.11 Å². The first kappa shape index (κ1) is 11.7. The van der Waals surface area contributed by atoms with Crippen molar-refractivity contribution in [1.29, 1.82) is 0 Å². The number of aromatic nitrogens is 1. The maximum Gasteiger partial charge on any atom is 0.337 e. The first-order valence-electron chi connectivity index (χ1n) is 5.63.